The molecule has 4 aromatic rings. The first kappa shape index (κ1) is 22.0. The van der Waals surface area contributed by atoms with Gasteiger partial charge >= 0.3 is 0 Å². The Morgan fingerprint density at radius 1 is 1.09 bits per heavy atom. The van der Waals surface area contributed by atoms with Crippen LogP contribution in [0.3, 0.4) is 0 Å². The third-order valence-corrected chi connectivity index (χ3v) is 6.14. The van der Waals surface area contributed by atoms with Gasteiger partial charge in [0.25, 0.3) is 0 Å². The zero-order chi connectivity index (χ0) is 22.3. The molecule has 0 unspecified atom stereocenters. The van der Waals surface area contributed by atoms with Crippen molar-refractivity contribution in [2.75, 3.05) is 19.5 Å². The fourth-order valence-electron chi connectivity index (χ4n) is 3.61. The molecule has 0 aliphatic rings. The summed E-state index contributed by atoms with van der Waals surface area (Å²) >= 11 is 1.37. The minimum atomic E-state index is -0.104. The number of carbonyl (C=O) groups excluding carboxylic acids is 1. The van der Waals surface area contributed by atoms with Crippen molar-refractivity contribution in [2.24, 2.45) is 0 Å². The lowest BCUT2D eigenvalue weighted by Crippen LogP contribution is -2.28. The Hall–Kier alpha value is -3.23. The van der Waals surface area contributed by atoms with Crippen LogP contribution in [-0.4, -0.2) is 45.1 Å². The van der Waals surface area contributed by atoms with Gasteiger partial charge in [0.2, 0.25) is 5.91 Å². The fraction of sp³-hybridized carbons (Fsp3) is 0.250. The third-order valence-electron chi connectivity index (χ3n) is 5.17. The van der Waals surface area contributed by atoms with E-state index in [0.29, 0.717) is 18.3 Å². The number of pyridine rings is 1. The second kappa shape index (κ2) is 10.4. The highest BCUT2D eigenvalue weighted by Gasteiger charge is 2.17. The molecular weight excluding hydrogens is 422 g/mol. The van der Waals surface area contributed by atoms with Gasteiger partial charge in [-0.05, 0) is 35.4 Å². The van der Waals surface area contributed by atoms with Crippen molar-refractivity contribution in [1.29, 1.82) is 0 Å². The molecule has 0 aliphatic heterocycles. The number of rotatable bonds is 9. The molecule has 0 fully saturated rings. The quantitative estimate of drug-likeness (QED) is 0.389. The van der Waals surface area contributed by atoms with E-state index in [1.807, 2.05) is 41.8 Å². The van der Waals surface area contributed by atoms with Crippen LogP contribution in [0, 0.1) is 0 Å². The summed E-state index contributed by atoms with van der Waals surface area (Å²) in [4.78, 5) is 16.8. The summed E-state index contributed by atoms with van der Waals surface area (Å²) in [7, 11) is 1.66. The number of thioether (sulfide) groups is 1. The number of methoxy groups -OCH3 is 1. The highest BCUT2D eigenvalue weighted by atomic mass is 32.2. The molecule has 0 aliphatic carbocycles. The summed E-state index contributed by atoms with van der Waals surface area (Å²) in [6, 6.07) is 18.0. The van der Waals surface area contributed by atoms with Gasteiger partial charge in [-0.3, -0.25) is 14.3 Å². The molecule has 4 rings (SSSR count). The van der Waals surface area contributed by atoms with Crippen LogP contribution in [0.5, 0.6) is 0 Å². The SMILES string of the molecule is COCCn1c(SCC(=O)N[C@@H](C)c2cccc3ccccc23)nnc1-c1ccncc1. The normalized spacial score (nSPS) is 12.1. The van der Waals surface area contributed by atoms with Gasteiger partial charge in [0.05, 0.1) is 24.9 Å². The number of amides is 1. The van der Waals surface area contributed by atoms with Gasteiger partial charge in [-0.15, -0.1) is 10.2 Å². The van der Waals surface area contributed by atoms with E-state index in [0.717, 1.165) is 27.7 Å². The van der Waals surface area contributed by atoms with Crippen LogP contribution in [-0.2, 0) is 16.1 Å². The number of benzene rings is 2. The molecule has 0 saturated heterocycles. The Morgan fingerprint density at radius 2 is 1.88 bits per heavy atom. The molecule has 2 aromatic carbocycles. The number of carbonyl (C=O) groups is 1. The lowest BCUT2D eigenvalue weighted by Gasteiger charge is -2.16. The topological polar surface area (TPSA) is 81.9 Å². The number of nitrogens with zero attached hydrogens (tertiary/aromatic N) is 4. The van der Waals surface area contributed by atoms with E-state index in [9.17, 15) is 4.79 Å². The molecule has 1 N–H and O–H groups in total. The monoisotopic (exact) mass is 447 g/mol. The van der Waals surface area contributed by atoms with Crippen LogP contribution in [0.1, 0.15) is 18.5 Å². The Kier molecular flexibility index (Phi) is 7.14. The van der Waals surface area contributed by atoms with Crippen LogP contribution in [0.15, 0.2) is 72.1 Å². The third kappa shape index (κ3) is 4.98. The molecule has 0 saturated carbocycles. The molecule has 1 amide bonds. The molecule has 1 atom stereocenters. The van der Waals surface area contributed by atoms with Crippen molar-refractivity contribution >= 4 is 28.4 Å². The predicted octanol–water partition coefficient (Wildman–Crippen LogP) is 4.11. The predicted molar refractivity (Wildman–Crippen MR) is 126 cm³/mol. The standard InChI is InChI=1S/C24H25N5O2S/c1-17(20-9-5-7-18-6-3-4-8-21(18)20)26-22(30)16-32-24-28-27-23(29(24)14-15-31-2)19-10-12-25-13-11-19/h3-13,17H,14-16H2,1-2H3,(H,26,30)/t17-/m0/s1. The molecule has 32 heavy (non-hydrogen) atoms. The fourth-order valence-corrected chi connectivity index (χ4v) is 4.39. The van der Waals surface area contributed by atoms with Crippen molar-refractivity contribution in [3.05, 3.63) is 72.6 Å². The number of hydrogen-bond donors (Lipinski definition) is 1. The summed E-state index contributed by atoms with van der Waals surface area (Å²) in [6.07, 6.45) is 3.44. The molecule has 0 bridgehead atoms. The summed E-state index contributed by atoms with van der Waals surface area (Å²) in [5, 5.41) is 14.8. The second-order valence-electron chi connectivity index (χ2n) is 7.33. The van der Waals surface area contributed by atoms with Crippen LogP contribution < -0.4 is 5.32 Å². The molecular formula is C24H25N5O2S. The van der Waals surface area contributed by atoms with Gasteiger partial charge < -0.3 is 10.1 Å². The van der Waals surface area contributed by atoms with Crippen molar-refractivity contribution in [3.8, 4) is 11.4 Å². The molecule has 2 aromatic heterocycles. The zero-order valence-electron chi connectivity index (χ0n) is 18.1. The van der Waals surface area contributed by atoms with E-state index in [2.05, 4.69) is 44.8 Å². The van der Waals surface area contributed by atoms with E-state index in [1.54, 1.807) is 19.5 Å². The first-order chi connectivity index (χ1) is 15.7. The van der Waals surface area contributed by atoms with Crippen molar-refractivity contribution in [1.82, 2.24) is 25.1 Å². The Balaban J connectivity index is 1.45. The first-order valence-electron chi connectivity index (χ1n) is 10.4. The van der Waals surface area contributed by atoms with Crippen LogP contribution >= 0.6 is 11.8 Å². The van der Waals surface area contributed by atoms with E-state index >= 15 is 0 Å². The van der Waals surface area contributed by atoms with Crippen molar-refractivity contribution < 1.29 is 9.53 Å². The molecule has 164 valence electrons. The first-order valence-corrected chi connectivity index (χ1v) is 11.4. The summed E-state index contributed by atoms with van der Waals surface area (Å²) in [5.41, 5.74) is 2.02. The van der Waals surface area contributed by atoms with Gasteiger partial charge in [0.1, 0.15) is 0 Å². The van der Waals surface area contributed by atoms with Gasteiger partial charge in [-0.1, -0.05) is 54.2 Å². The lowest BCUT2D eigenvalue weighted by atomic mass is 10.00. The van der Waals surface area contributed by atoms with E-state index in [-0.39, 0.29) is 17.7 Å². The van der Waals surface area contributed by atoms with Gasteiger partial charge in [0.15, 0.2) is 11.0 Å². The van der Waals surface area contributed by atoms with Crippen LogP contribution in [0.4, 0.5) is 0 Å². The summed E-state index contributed by atoms with van der Waals surface area (Å²) < 4.78 is 7.22. The number of fused-ring (bicyclic) bond motifs is 1. The average Bonchev–Trinajstić information content (AvgIpc) is 3.24. The van der Waals surface area contributed by atoms with Crippen LogP contribution in [0.25, 0.3) is 22.2 Å². The molecule has 8 heteroatoms. The van der Waals surface area contributed by atoms with E-state index in [4.69, 9.17) is 4.74 Å². The Bertz CT molecular complexity index is 1190. The van der Waals surface area contributed by atoms with E-state index < -0.39 is 0 Å². The number of aromatic nitrogens is 4. The van der Waals surface area contributed by atoms with Crippen molar-refractivity contribution in [2.45, 2.75) is 24.7 Å². The summed E-state index contributed by atoms with van der Waals surface area (Å²) in [6.45, 7) is 3.12. The van der Waals surface area contributed by atoms with Crippen LogP contribution in [0.2, 0.25) is 0 Å². The maximum Gasteiger partial charge on any atom is 0.230 e. The smallest absolute Gasteiger partial charge is 0.230 e. The van der Waals surface area contributed by atoms with E-state index in [1.165, 1.54) is 11.8 Å². The van der Waals surface area contributed by atoms with Gasteiger partial charge in [0, 0.05) is 25.1 Å². The average molecular weight is 448 g/mol. The highest BCUT2D eigenvalue weighted by Crippen LogP contribution is 2.26. The molecule has 0 radical (unpaired) electrons. The maximum atomic E-state index is 12.7. The number of nitrogens with one attached hydrogen (secondary N) is 1. The van der Waals surface area contributed by atoms with Gasteiger partial charge in [-0.2, -0.15) is 0 Å². The molecule has 7 nitrogen and oxygen atoms in total. The zero-order valence-corrected chi connectivity index (χ0v) is 18.9. The molecule has 0 spiro atoms. The second-order valence-corrected chi connectivity index (χ2v) is 8.28. The maximum absolute atomic E-state index is 12.7. The Labute approximate surface area is 191 Å². The lowest BCUT2D eigenvalue weighted by molar-refractivity contribution is -0.119. The minimum Gasteiger partial charge on any atom is -0.383 e. The van der Waals surface area contributed by atoms with Gasteiger partial charge in [-0.25, -0.2) is 0 Å². The summed E-state index contributed by atoms with van der Waals surface area (Å²) in [5.74, 6) is 0.926. The largest absolute Gasteiger partial charge is 0.383 e. The highest BCUT2D eigenvalue weighted by molar-refractivity contribution is 7.99. The number of hydrogen-bond acceptors (Lipinski definition) is 6. The number of ether oxygens (including phenoxy) is 1. The minimum absolute atomic E-state index is 0.0535. The van der Waals surface area contributed by atoms with Crippen molar-refractivity contribution in [3.63, 3.8) is 0 Å². The Morgan fingerprint density at radius 3 is 2.69 bits per heavy atom. The molecule has 2 heterocycles.